The van der Waals surface area contributed by atoms with Crippen LogP contribution < -0.4 is 10.6 Å². The van der Waals surface area contributed by atoms with Crippen molar-refractivity contribution in [2.24, 2.45) is 0 Å². The molecule has 5 nitrogen and oxygen atoms in total. The van der Waals surface area contributed by atoms with Gasteiger partial charge in [0.2, 0.25) is 5.91 Å². The first-order chi connectivity index (χ1) is 10.0. The predicted molar refractivity (Wildman–Crippen MR) is 85.7 cm³/mol. The topological polar surface area (TPSA) is 59.0 Å². The molecule has 0 aliphatic rings. The average molecular weight is 307 g/mol. The molecule has 0 fully saturated rings. The van der Waals surface area contributed by atoms with E-state index in [0.29, 0.717) is 10.7 Å². The normalized spacial score (nSPS) is 12.0. The highest BCUT2D eigenvalue weighted by molar-refractivity contribution is 6.33. The third kappa shape index (κ3) is 4.79. The van der Waals surface area contributed by atoms with Gasteiger partial charge in [0.25, 0.3) is 0 Å². The molecule has 0 spiro atoms. The zero-order chi connectivity index (χ0) is 15.2. The quantitative estimate of drug-likeness (QED) is 0.860. The highest BCUT2D eigenvalue weighted by Crippen LogP contribution is 2.26. The van der Waals surface area contributed by atoms with Crippen LogP contribution in [-0.4, -0.2) is 21.7 Å². The van der Waals surface area contributed by atoms with Crippen LogP contribution in [0.5, 0.6) is 0 Å². The second kappa shape index (κ2) is 7.13. The molecule has 0 unspecified atom stereocenters. The zero-order valence-electron chi connectivity index (χ0n) is 12.1. The van der Waals surface area contributed by atoms with Gasteiger partial charge in [0.05, 0.1) is 10.7 Å². The van der Waals surface area contributed by atoms with Crippen molar-refractivity contribution in [2.45, 2.75) is 32.9 Å². The smallest absolute Gasteiger partial charge is 0.221 e. The minimum atomic E-state index is -0.112. The Hall–Kier alpha value is -2.01. The fraction of sp³-hybridized carbons (Fsp3) is 0.333. The number of carbonyl (C=O) groups is 1. The van der Waals surface area contributed by atoms with E-state index >= 15 is 0 Å². The van der Waals surface area contributed by atoms with Crippen molar-refractivity contribution in [2.75, 3.05) is 10.6 Å². The summed E-state index contributed by atoms with van der Waals surface area (Å²) < 4.78 is 1.90. The van der Waals surface area contributed by atoms with E-state index in [1.807, 2.05) is 29.1 Å². The van der Waals surface area contributed by atoms with Crippen LogP contribution in [-0.2, 0) is 11.3 Å². The first-order valence-corrected chi connectivity index (χ1v) is 7.23. The molecule has 2 aromatic rings. The fourth-order valence-electron chi connectivity index (χ4n) is 2.01. The summed E-state index contributed by atoms with van der Waals surface area (Å²) in [6.45, 7) is 4.42. The highest BCUT2D eigenvalue weighted by atomic mass is 35.5. The lowest BCUT2D eigenvalue weighted by Crippen LogP contribution is -2.18. The minimum Gasteiger partial charge on any atom is -0.381 e. The van der Waals surface area contributed by atoms with Crippen LogP contribution in [0, 0.1) is 0 Å². The summed E-state index contributed by atoms with van der Waals surface area (Å²) in [4.78, 5) is 11.0. The van der Waals surface area contributed by atoms with Gasteiger partial charge in [-0.05, 0) is 37.6 Å². The largest absolute Gasteiger partial charge is 0.381 e. The van der Waals surface area contributed by atoms with Gasteiger partial charge in [0.15, 0.2) is 0 Å². The average Bonchev–Trinajstić information content (AvgIpc) is 2.92. The van der Waals surface area contributed by atoms with Crippen molar-refractivity contribution in [1.29, 1.82) is 0 Å². The summed E-state index contributed by atoms with van der Waals surface area (Å²) in [5.41, 5.74) is 1.56. The highest BCUT2D eigenvalue weighted by Gasteiger charge is 2.07. The van der Waals surface area contributed by atoms with E-state index in [4.69, 9.17) is 11.6 Å². The maximum atomic E-state index is 11.0. The predicted octanol–water partition coefficient (Wildman–Crippen LogP) is 3.39. The van der Waals surface area contributed by atoms with Gasteiger partial charge in [-0.15, -0.1) is 0 Å². The summed E-state index contributed by atoms with van der Waals surface area (Å²) in [6.07, 6.45) is 4.66. The Morgan fingerprint density at radius 1 is 1.48 bits per heavy atom. The standard InChI is InChI=1S/C15H19ClN4O/c1-11(6-9-20-8-3-7-17-20)18-15-5-4-13(10-14(15)16)19-12(2)21/h3-5,7-8,10-11,18H,6,9H2,1-2H3,(H,19,21)/t11-/m0/s1. The number of nitrogens with zero attached hydrogens (tertiary/aromatic N) is 2. The lowest BCUT2D eigenvalue weighted by molar-refractivity contribution is -0.114. The number of hydrogen-bond acceptors (Lipinski definition) is 3. The molecule has 6 heteroatoms. The van der Waals surface area contributed by atoms with Gasteiger partial charge < -0.3 is 10.6 Å². The summed E-state index contributed by atoms with van der Waals surface area (Å²) in [6, 6.07) is 7.62. The molecule has 1 heterocycles. The third-order valence-electron chi connectivity index (χ3n) is 3.04. The Bertz CT molecular complexity index is 598. The number of aryl methyl sites for hydroxylation is 1. The van der Waals surface area contributed by atoms with Crippen molar-refractivity contribution in [3.8, 4) is 0 Å². The molecular weight excluding hydrogens is 288 g/mol. The maximum absolute atomic E-state index is 11.0. The summed E-state index contributed by atoms with van der Waals surface area (Å²) in [5.74, 6) is -0.112. The maximum Gasteiger partial charge on any atom is 0.221 e. The van der Waals surface area contributed by atoms with Crippen LogP contribution in [0.25, 0.3) is 0 Å². The monoisotopic (exact) mass is 306 g/mol. The molecule has 0 aliphatic heterocycles. The summed E-state index contributed by atoms with van der Waals surface area (Å²) in [5, 5.41) is 10.8. The number of anilines is 2. The van der Waals surface area contributed by atoms with E-state index in [1.54, 1.807) is 12.3 Å². The number of rotatable bonds is 6. The van der Waals surface area contributed by atoms with Crippen LogP contribution >= 0.6 is 11.6 Å². The molecule has 112 valence electrons. The molecule has 0 radical (unpaired) electrons. The van der Waals surface area contributed by atoms with Gasteiger partial charge in [-0.3, -0.25) is 9.48 Å². The minimum absolute atomic E-state index is 0.112. The Kier molecular flexibility index (Phi) is 5.22. The molecule has 2 N–H and O–H groups in total. The van der Waals surface area contributed by atoms with Gasteiger partial charge in [-0.25, -0.2) is 0 Å². The van der Waals surface area contributed by atoms with E-state index < -0.39 is 0 Å². The second-order valence-electron chi connectivity index (χ2n) is 4.98. The molecule has 2 rings (SSSR count). The molecule has 0 saturated carbocycles. The zero-order valence-corrected chi connectivity index (χ0v) is 12.9. The Morgan fingerprint density at radius 2 is 2.29 bits per heavy atom. The van der Waals surface area contributed by atoms with E-state index in [1.165, 1.54) is 6.92 Å². The lowest BCUT2D eigenvalue weighted by atomic mass is 10.2. The first-order valence-electron chi connectivity index (χ1n) is 6.85. The number of hydrogen-bond donors (Lipinski definition) is 2. The van der Waals surface area contributed by atoms with E-state index in [-0.39, 0.29) is 11.9 Å². The SMILES string of the molecule is CC(=O)Nc1ccc(N[C@@H](C)CCn2cccn2)c(Cl)c1. The first kappa shape index (κ1) is 15.4. The van der Waals surface area contributed by atoms with Crippen LogP contribution in [0.3, 0.4) is 0 Å². The number of carbonyl (C=O) groups excluding carboxylic acids is 1. The van der Waals surface area contributed by atoms with E-state index in [0.717, 1.165) is 18.7 Å². The molecule has 1 aromatic heterocycles. The number of benzene rings is 1. The summed E-state index contributed by atoms with van der Waals surface area (Å²) >= 11 is 6.23. The Balaban J connectivity index is 1.91. The third-order valence-corrected chi connectivity index (χ3v) is 3.35. The number of aromatic nitrogens is 2. The molecular formula is C15H19ClN4O. The van der Waals surface area contributed by atoms with Crippen LogP contribution in [0.15, 0.2) is 36.7 Å². The molecule has 1 atom stereocenters. The fourth-order valence-corrected chi connectivity index (χ4v) is 2.24. The van der Waals surface area contributed by atoms with Gasteiger partial charge in [0, 0.05) is 37.6 Å². The second-order valence-corrected chi connectivity index (χ2v) is 5.39. The molecule has 0 aliphatic carbocycles. The summed E-state index contributed by atoms with van der Waals surface area (Å²) in [7, 11) is 0. The van der Waals surface area contributed by atoms with Crippen molar-refractivity contribution in [3.63, 3.8) is 0 Å². The molecule has 21 heavy (non-hydrogen) atoms. The van der Waals surface area contributed by atoms with Crippen molar-refractivity contribution < 1.29 is 4.79 Å². The van der Waals surface area contributed by atoms with Gasteiger partial charge in [-0.2, -0.15) is 5.10 Å². The van der Waals surface area contributed by atoms with Gasteiger partial charge in [-0.1, -0.05) is 11.6 Å². The van der Waals surface area contributed by atoms with E-state index in [2.05, 4.69) is 22.7 Å². The van der Waals surface area contributed by atoms with Crippen LogP contribution in [0.4, 0.5) is 11.4 Å². The van der Waals surface area contributed by atoms with Crippen molar-refractivity contribution >= 4 is 28.9 Å². The van der Waals surface area contributed by atoms with Crippen molar-refractivity contribution in [1.82, 2.24) is 9.78 Å². The number of nitrogens with one attached hydrogen (secondary N) is 2. The molecule has 1 aromatic carbocycles. The van der Waals surface area contributed by atoms with Crippen molar-refractivity contribution in [3.05, 3.63) is 41.7 Å². The molecule has 0 saturated heterocycles. The lowest BCUT2D eigenvalue weighted by Gasteiger charge is -2.17. The van der Waals surface area contributed by atoms with Gasteiger partial charge >= 0.3 is 0 Å². The van der Waals surface area contributed by atoms with E-state index in [9.17, 15) is 4.79 Å². The molecule has 1 amide bonds. The van der Waals surface area contributed by atoms with Gasteiger partial charge in [0.1, 0.15) is 0 Å². The molecule has 0 bridgehead atoms. The number of halogens is 1. The van der Waals surface area contributed by atoms with Crippen LogP contribution in [0.2, 0.25) is 5.02 Å². The Labute approximate surface area is 129 Å². The Morgan fingerprint density at radius 3 is 2.90 bits per heavy atom. The van der Waals surface area contributed by atoms with Crippen LogP contribution in [0.1, 0.15) is 20.3 Å². The number of amides is 1.